The van der Waals surface area contributed by atoms with Crippen LogP contribution in [-0.4, -0.2) is 55.5 Å². The molecule has 4 rings (SSSR count). The molecule has 9 heteroatoms. The summed E-state index contributed by atoms with van der Waals surface area (Å²) in [5, 5.41) is 11.8. The Labute approximate surface area is 176 Å². The lowest BCUT2D eigenvalue weighted by atomic mass is 9.89. The SMILES string of the molecule is CC(c1ccc(-n2cncn2)cc1)N(C)C(=O)[C@H]1CNC[C@@H]1c1cnn(C)c1.Cl. The minimum atomic E-state index is -0.0777. The number of hydrogen-bond donors (Lipinski definition) is 1. The van der Waals surface area contributed by atoms with Gasteiger partial charge in [0.1, 0.15) is 12.7 Å². The Morgan fingerprint density at radius 3 is 2.62 bits per heavy atom. The van der Waals surface area contributed by atoms with Crippen LogP contribution in [0.5, 0.6) is 0 Å². The average molecular weight is 416 g/mol. The summed E-state index contributed by atoms with van der Waals surface area (Å²) >= 11 is 0. The van der Waals surface area contributed by atoms with Crippen molar-refractivity contribution in [3.63, 3.8) is 0 Å². The predicted octanol–water partition coefficient (Wildman–Crippen LogP) is 1.95. The molecule has 0 bridgehead atoms. The van der Waals surface area contributed by atoms with E-state index in [1.165, 1.54) is 6.33 Å². The van der Waals surface area contributed by atoms with E-state index in [1.54, 1.807) is 15.7 Å². The third kappa shape index (κ3) is 4.18. The maximum atomic E-state index is 13.2. The Morgan fingerprint density at radius 1 is 1.24 bits per heavy atom. The fourth-order valence-electron chi connectivity index (χ4n) is 3.84. The average Bonchev–Trinajstić information content (AvgIpc) is 3.47. The molecule has 3 aromatic rings. The summed E-state index contributed by atoms with van der Waals surface area (Å²) in [5.41, 5.74) is 3.15. The highest BCUT2D eigenvalue weighted by Crippen LogP contribution is 2.31. The number of benzene rings is 1. The molecule has 154 valence electrons. The second-order valence-electron chi connectivity index (χ2n) is 7.38. The van der Waals surface area contributed by atoms with Crippen LogP contribution in [0.15, 0.2) is 49.3 Å². The van der Waals surface area contributed by atoms with Crippen LogP contribution < -0.4 is 5.32 Å². The van der Waals surface area contributed by atoms with Gasteiger partial charge in [-0.15, -0.1) is 12.4 Å². The Morgan fingerprint density at radius 2 is 2.00 bits per heavy atom. The zero-order valence-electron chi connectivity index (χ0n) is 16.8. The van der Waals surface area contributed by atoms with Crippen LogP contribution in [0.1, 0.15) is 30.0 Å². The van der Waals surface area contributed by atoms with Crippen molar-refractivity contribution in [3.05, 3.63) is 60.4 Å². The van der Waals surface area contributed by atoms with Gasteiger partial charge in [-0.3, -0.25) is 9.48 Å². The lowest BCUT2D eigenvalue weighted by molar-refractivity contribution is -0.136. The van der Waals surface area contributed by atoms with Gasteiger partial charge in [0.05, 0.1) is 23.8 Å². The minimum absolute atomic E-state index is 0. The Bertz CT molecular complexity index is 938. The van der Waals surface area contributed by atoms with E-state index in [0.29, 0.717) is 6.54 Å². The maximum Gasteiger partial charge on any atom is 0.227 e. The summed E-state index contributed by atoms with van der Waals surface area (Å²) in [6, 6.07) is 8.05. The first kappa shape index (κ1) is 21.0. The third-order valence-corrected chi connectivity index (χ3v) is 5.67. The van der Waals surface area contributed by atoms with Gasteiger partial charge in [0, 0.05) is 39.3 Å². The molecule has 1 saturated heterocycles. The molecule has 2 aromatic heterocycles. The molecule has 1 amide bonds. The van der Waals surface area contributed by atoms with Crippen molar-refractivity contribution >= 4 is 18.3 Å². The van der Waals surface area contributed by atoms with Crippen LogP contribution in [0.3, 0.4) is 0 Å². The number of carbonyl (C=O) groups is 1. The van der Waals surface area contributed by atoms with Crippen LogP contribution >= 0.6 is 12.4 Å². The number of aromatic nitrogens is 5. The largest absolute Gasteiger partial charge is 0.339 e. The fourth-order valence-corrected chi connectivity index (χ4v) is 3.84. The van der Waals surface area contributed by atoms with E-state index in [1.807, 2.05) is 55.7 Å². The first-order valence-electron chi connectivity index (χ1n) is 9.45. The van der Waals surface area contributed by atoms with Crippen LogP contribution in [-0.2, 0) is 11.8 Å². The van der Waals surface area contributed by atoms with E-state index in [-0.39, 0.29) is 36.2 Å². The number of amides is 1. The Hall–Kier alpha value is -2.71. The van der Waals surface area contributed by atoms with Gasteiger partial charge < -0.3 is 10.2 Å². The van der Waals surface area contributed by atoms with Crippen molar-refractivity contribution in [2.75, 3.05) is 20.1 Å². The zero-order valence-corrected chi connectivity index (χ0v) is 17.6. The summed E-state index contributed by atoms with van der Waals surface area (Å²) in [4.78, 5) is 19.1. The van der Waals surface area contributed by atoms with Crippen LogP contribution in [0.2, 0.25) is 0 Å². The summed E-state index contributed by atoms with van der Waals surface area (Å²) in [7, 11) is 3.79. The first-order chi connectivity index (χ1) is 13.5. The molecule has 3 heterocycles. The standard InChI is InChI=1S/C20H25N7O.ClH/c1-14(15-4-6-17(7-5-15)27-13-22-12-24-27)26(3)20(28)19-10-21-9-18(19)16-8-23-25(2)11-16;/h4-8,11-14,18-19,21H,9-10H2,1-3H3;1H/t14?,18-,19+;/m1./s1. The van der Waals surface area contributed by atoms with Gasteiger partial charge in [0.2, 0.25) is 5.91 Å². The molecule has 0 spiro atoms. The second kappa shape index (κ2) is 8.75. The number of aryl methyl sites for hydroxylation is 1. The fraction of sp³-hybridized carbons (Fsp3) is 0.400. The van der Waals surface area contributed by atoms with E-state index < -0.39 is 0 Å². The second-order valence-corrected chi connectivity index (χ2v) is 7.38. The van der Waals surface area contributed by atoms with Gasteiger partial charge in [-0.1, -0.05) is 12.1 Å². The molecule has 1 aromatic carbocycles. The summed E-state index contributed by atoms with van der Waals surface area (Å²) in [5.74, 6) is 0.239. The van der Waals surface area contributed by atoms with Crippen molar-refractivity contribution in [1.29, 1.82) is 0 Å². The highest BCUT2D eigenvalue weighted by atomic mass is 35.5. The molecule has 1 unspecified atom stereocenters. The van der Waals surface area contributed by atoms with Crippen molar-refractivity contribution in [1.82, 2.24) is 34.8 Å². The van der Waals surface area contributed by atoms with Crippen molar-refractivity contribution in [2.45, 2.75) is 18.9 Å². The molecule has 3 atom stereocenters. The maximum absolute atomic E-state index is 13.2. The zero-order chi connectivity index (χ0) is 19.7. The van der Waals surface area contributed by atoms with Crippen LogP contribution in [0, 0.1) is 5.92 Å². The van der Waals surface area contributed by atoms with Gasteiger partial charge in [-0.2, -0.15) is 10.2 Å². The molecular weight excluding hydrogens is 390 g/mol. The number of nitrogens with zero attached hydrogens (tertiary/aromatic N) is 6. The molecule has 1 N–H and O–H groups in total. The summed E-state index contributed by atoms with van der Waals surface area (Å²) < 4.78 is 3.50. The molecule has 0 saturated carbocycles. The van der Waals surface area contributed by atoms with Crippen molar-refractivity contribution in [2.24, 2.45) is 13.0 Å². The van der Waals surface area contributed by atoms with E-state index in [4.69, 9.17) is 0 Å². The van der Waals surface area contributed by atoms with Gasteiger partial charge in [-0.05, 0) is 30.2 Å². The van der Waals surface area contributed by atoms with E-state index in [0.717, 1.165) is 23.4 Å². The lowest BCUT2D eigenvalue weighted by Crippen LogP contribution is -2.37. The molecule has 1 aliphatic rings. The van der Waals surface area contributed by atoms with Gasteiger partial charge in [-0.25, -0.2) is 9.67 Å². The lowest BCUT2D eigenvalue weighted by Gasteiger charge is -2.29. The number of nitrogens with one attached hydrogen (secondary N) is 1. The molecule has 0 radical (unpaired) electrons. The van der Waals surface area contributed by atoms with E-state index >= 15 is 0 Å². The van der Waals surface area contributed by atoms with Gasteiger partial charge in [0.15, 0.2) is 0 Å². The van der Waals surface area contributed by atoms with Crippen molar-refractivity contribution < 1.29 is 4.79 Å². The monoisotopic (exact) mass is 415 g/mol. The van der Waals surface area contributed by atoms with Crippen LogP contribution in [0.25, 0.3) is 5.69 Å². The smallest absolute Gasteiger partial charge is 0.227 e. The number of hydrogen-bond acceptors (Lipinski definition) is 5. The highest BCUT2D eigenvalue weighted by molar-refractivity contribution is 5.85. The third-order valence-electron chi connectivity index (χ3n) is 5.67. The Kier molecular flexibility index (Phi) is 6.34. The molecule has 8 nitrogen and oxygen atoms in total. The first-order valence-corrected chi connectivity index (χ1v) is 9.45. The number of rotatable bonds is 5. The predicted molar refractivity (Wildman–Crippen MR) is 112 cm³/mol. The molecule has 29 heavy (non-hydrogen) atoms. The minimum Gasteiger partial charge on any atom is -0.339 e. The topological polar surface area (TPSA) is 80.9 Å². The van der Waals surface area contributed by atoms with Crippen LogP contribution in [0.4, 0.5) is 0 Å². The number of carbonyl (C=O) groups excluding carboxylic acids is 1. The normalized spacial score (nSPS) is 19.6. The molecule has 1 aliphatic heterocycles. The molecular formula is C20H26ClN7O. The number of halogens is 1. The van der Waals surface area contributed by atoms with Gasteiger partial charge >= 0.3 is 0 Å². The van der Waals surface area contributed by atoms with Gasteiger partial charge in [0.25, 0.3) is 0 Å². The quantitative estimate of drug-likeness (QED) is 0.688. The van der Waals surface area contributed by atoms with E-state index in [2.05, 4.69) is 27.4 Å². The summed E-state index contributed by atoms with van der Waals surface area (Å²) in [6.45, 7) is 3.56. The van der Waals surface area contributed by atoms with Crippen molar-refractivity contribution in [3.8, 4) is 5.69 Å². The highest BCUT2D eigenvalue weighted by Gasteiger charge is 2.37. The van der Waals surface area contributed by atoms with E-state index in [9.17, 15) is 4.79 Å². The molecule has 1 fully saturated rings. The summed E-state index contributed by atoms with van der Waals surface area (Å²) in [6.07, 6.45) is 7.05. The Balaban J connectivity index is 0.00000240. The molecule has 0 aliphatic carbocycles.